The number of para-hydroxylation sites is 2. The van der Waals surface area contributed by atoms with Crippen molar-refractivity contribution in [2.75, 3.05) is 119 Å². The highest BCUT2D eigenvalue weighted by molar-refractivity contribution is 7.18. The number of benzene rings is 2. The fraction of sp³-hybridized carbons (Fsp3) is 0.541. The quantitative estimate of drug-likeness (QED) is 0.112. The number of aromatic nitrogens is 1. The molecular formula is C37H56N5O4S+. The number of hydrogen-bond donors (Lipinski definition) is 0. The SMILES string of the molecule is COCCOCCOCCOCCN1C(N(CCCN(C)C)CCCN(C)C)=C/C(=C/c2sc3ccccc3[n+]2C)c2ccccc21. The highest BCUT2D eigenvalue weighted by atomic mass is 32.1. The third kappa shape index (κ3) is 11.4. The summed E-state index contributed by atoms with van der Waals surface area (Å²) in [6, 6.07) is 17.4. The molecule has 0 saturated heterocycles. The second-order valence-electron chi connectivity index (χ2n) is 12.4. The zero-order valence-electron chi connectivity index (χ0n) is 29.5. The lowest BCUT2D eigenvalue weighted by molar-refractivity contribution is -0.642. The van der Waals surface area contributed by atoms with Gasteiger partial charge in [-0.25, -0.2) is 0 Å². The van der Waals surface area contributed by atoms with Crippen molar-refractivity contribution in [3.8, 4) is 0 Å². The smallest absolute Gasteiger partial charge is 0.263 e. The predicted molar refractivity (Wildman–Crippen MR) is 195 cm³/mol. The minimum Gasteiger partial charge on any atom is -0.382 e. The minimum absolute atomic E-state index is 0.549. The summed E-state index contributed by atoms with van der Waals surface area (Å²) in [5.41, 5.74) is 4.96. The Bertz CT molecular complexity index is 1410. The van der Waals surface area contributed by atoms with Crippen LogP contribution in [0.5, 0.6) is 0 Å². The number of anilines is 1. The normalized spacial score (nSPS) is 14.1. The van der Waals surface area contributed by atoms with Crippen LogP contribution in [0.4, 0.5) is 5.69 Å². The first kappa shape index (κ1) is 37.0. The van der Waals surface area contributed by atoms with Crippen LogP contribution in [0.3, 0.4) is 0 Å². The number of methoxy groups -OCH3 is 1. The van der Waals surface area contributed by atoms with Gasteiger partial charge in [-0.15, -0.1) is 0 Å². The van der Waals surface area contributed by atoms with Gasteiger partial charge in [0, 0.05) is 44.4 Å². The first-order chi connectivity index (χ1) is 22.9. The third-order valence-corrected chi connectivity index (χ3v) is 9.31. The number of aryl methyl sites for hydroxylation is 1. The summed E-state index contributed by atoms with van der Waals surface area (Å²) in [4.78, 5) is 9.60. The first-order valence-electron chi connectivity index (χ1n) is 16.8. The summed E-state index contributed by atoms with van der Waals surface area (Å²) in [6.45, 7) is 8.84. The molecule has 0 fully saturated rings. The van der Waals surface area contributed by atoms with Crippen molar-refractivity contribution < 1.29 is 23.5 Å². The largest absolute Gasteiger partial charge is 0.382 e. The Balaban J connectivity index is 1.57. The molecule has 3 aromatic rings. The van der Waals surface area contributed by atoms with Gasteiger partial charge in [0.2, 0.25) is 5.52 Å². The van der Waals surface area contributed by atoms with Gasteiger partial charge in [0.1, 0.15) is 17.6 Å². The fourth-order valence-electron chi connectivity index (χ4n) is 5.70. The lowest BCUT2D eigenvalue weighted by Crippen LogP contribution is -2.41. The molecule has 0 unspecified atom stereocenters. The molecule has 10 heteroatoms. The molecule has 258 valence electrons. The van der Waals surface area contributed by atoms with Crippen LogP contribution in [0, 0.1) is 0 Å². The fourth-order valence-corrected chi connectivity index (χ4v) is 6.81. The summed E-state index contributed by atoms with van der Waals surface area (Å²) in [7, 11) is 12.5. The second kappa shape index (κ2) is 19.9. The lowest BCUT2D eigenvalue weighted by atomic mass is 9.98. The van der Waals surface area contributed by atoms with Crippen LogP contribution in [0.1, 0.15) is 23.4 Å². The molecule has 47 heavy (non-hydrogen) atoms. The Morgan fingerprint density at radius 3 is 1.98 bits per heavy atom. The molecule has 0 atom stereocenters. The van der Waals surface area contributed by atoms with Crippen molar-refractivity contribution in [2.24, 2.45) is 7.05 Å². The molecule has 0 amide bonds. The van der Waals surface area contributed by atoms with E-state index in [0.717, 1.165) is 45.6 Å². The van der Waals surface area contributed by atoms with Gasteiger partial charge in [-0.3, -0.25) is 0 Å². The average molecular weight is 667 g/mol. The van der Waals surface area contributed by atoms with E-state index in [2.05, 4.69) is 120 Å². The van der Waals surface area contributed by atoms with Crippen molar-refractivity contribution in [2.45, 2.75) is 12.8 Å². The van der Waals surface area contributed by atoms with Gasteiger partial charge in [-0.1, -0.05) is 41.7 Å². The minimum atomic E-state index is 0.549. The molecule has 0 spiro atoms. The van der Waals surface area contributed by atoms with Crippen molar-refractivity contribution >= 4 is 38.9 Å². The maximum Gasteiger partial charge on any atom is 0.263 e. The van der Waals surface area contributed by atoms with Crippen LogP contribution in [-0.2, 0) is 26.0 Å². The predicted octanol–water partition coefficient (Wildman–Crippen LogP) is 4.83. The Morgan fingerprint density at radius 1 is 0.745 bits per heavy atom. The number of hydrogen-bond acceptors (Lipinski definition) is 9. The van der Waals surface area contributed by atoms with Crippen molar-refractivity contribution in [1.29, 1.82) is 0 Å². The van der Waals surface area contributed by atoms with E-state index >= 15 is 0 Å². The second-order valence-corrected chi connectivity index (χ2v) is 13.4. The van der Waals surface area contributed by atoms with E-state index in [-0.39, 0.29) is 0 Å². The first-order valence-corrected chi connectivity index (χ1v) is 17.6. The topological polar surface area (TPSA) is 53.8 Å². The van der Waals surface area contributed by atoms with Gasteiger partial charge in [0.05, 0.1) is 51.9 Å². The Hall–Kier alpha value is -2.83. The van der Waals surface area contributed by atoms with Gasteiger partial charge in [0.25, 0.3) is 5.01 Å². The summed E-state index contributed by atoms with van der Waals surface area (Å²) in [5, 5.41) is 1.24. The van der Waals surface area contributed by atoms with Crippen LogP contribution in [0.15, 0.2) is 60.4 Å². The molecule has 2 heterocycles. The Morgan fingerprint density at radius 2 is 1.34 bits per heavy atom. The molecule has 0 saturated carbocycles. The summed E-state index contributed by atoms with van der Waals surface area (Å²) < 4.78 is 25.9. The maximum atomic E-state index is 6.12. The highest BCUT2D eigenvalue weighted by Gasteiger charge is 2.27. The highest BCUT2D eigenvalue weighted by Crippen LogP contribution is 2.38. The maximum absolute atomic E-state index is 6.12. The number of thiazole rings is 1. The van der Waals surface area contributed by atoms with E-state index in [1.165, 1.54) is 37.9 Å². The molecule has 2 aromatic carbocycles. The zero-order chi connectivity index (χ0) is 33.4. The standard InChI is InChI=1S/C37H56N5O4S/c1-38(2)17-11-19-41(20-12-18-39(3)4)36-29-31(30-37-40(5)34-15-9-10-16-35(34)47-37)32-13-7-8-14-33(32)42(36)21-22-44-25-26-46-28-27-45-24-23-43-6/h7-10,13-16,29-30H,11-12,17-28H2,1-6H3/q+1. The Kier molecular flexibility index (Phi) is 15.6. The molecule has 0 aliphatic carbocycles. The van der Waals surface area contributed by atoms with Gasteiger partial charge in [-0.05, 0) is 77.9 Å². The van der Waals surface area contributed by atoms with Crippen LogP contribution < -0.4 is 9.47 Å². The molecule has 1 aliphatic heterocycles. The number of allylic oxidation sites excluding steroid dienone is 2. The van der Waals surface area contributed by atoms with Gasteiger partial charge < -0.3 is 38.5 Å². The van der Waals surface area contributed by atoms with E-state index < -0.39 is 0 Å². The van der Waals surface area contributed by atoms with Crippen molar-refractivity contribution in [3.05, 3.63) is 71.0 Å². The van der Waals surface area contributed by atoms with Crippen LogP contribution in [0.25, 0.3) is 21.9 Å². The molecular weight excluding hydrogens is 611 g/mol. The van der Waals surface area contributed by atoms with E-state index in [0.29, 0.717) is 46.2 Å². The number of ether oxygens (including phenoxy) is 4. The molecule has 4 rings (SSSR count). The number of nitrogens with zero attached hydrogens (tertiary/aromatic N) is 5. The van der Waals surface area contributed by atoms with Crippen molar-refractivity contribution in [1.82, 2.24) is 14.7 Å². The summed E-state index contributed by atoms with van der Waals surface area (Å²) >= 11 is 1.84. The third-order valence-electron chi connectivity index (χ3n) is 8.14. The van der Waals surface area contributed by atoms with E-state index in [9.17, 15) is 0 Å². The van der Waals surface area contributed by atoms with Gasteiger partial charge in [-0.2, -0.15) is 4.57 Å². The number of rotatable bonds is 22. The molecule has 1 aliphatic rings. The number of fused-ring (bicyclic) bond motifs is 2. The monoisotopic (exact) mass is 666 g/mol. The van der Waals surface area contributed by atoms with Crippen LogP contribution >= 0.6 is 11.3 Å². The molecule has 1 aromatic heterocycles. The molecule has 0 radical (unpaired) electrons. The van der Waals surface area contributed by atoms with Crippen LogP contribution in [0.2, 0.25) is 0 Å². The Labute approximate surface area is 286 Å². The van der Waals surface area contributed by atoms with E-state index in [1.54, 1.807) is 7.11 Å². The lowest BCUT2D eigenvalue weighted by Gasteiger charge is -2.40. The van der Waals surface area contributed by atoms with Gasteiger partial charge >= 0.3 is 0 Å². The van der Waals surface area contributed by atoms with Crippen molar-refractivity contribution in [3.63, 3.8) is 0 Å². The zero-order valence-corrected chi connectivity index (χ0v) is 30.3. The van der Waals surface area contributed by atoms with Gasteiger partial charge in [0.15, 0.2) is 0 Å². The summed E-state index contributed by atoms with van der Waals surface area (Å²) in [5.74, 6) is 1.24. The van der Waals surface area contributed by atoms with Crippen LogP contribution in [-0.4, -0.2) is 129 Å². The molecule has 0 bridgehead atoms. The molecule has 9 nitrogen and oxygen atoms in total. The molecule has 0 N–H and O–H groups in total. The van der Waals surface area contributed by atoms with E-state index in [1.807, 2.05) is 11.3 Å². The summed E-state index contributed by atoms with van der Waals surface area (Å²) in [6.07, 6.45) is 6.96. The average Bonchev–Trinajstić information content (AvgIpc) is 3.37. The van der Waals surface area contributed by atoms with E-state index in [4.69, 9.17) is 18.9 Å².